The molecule has 0 aliphatic carbocycles. The summed E-state index contributed by atoms with van der Waals surface area (Å²) < 4.78 is 5.36. The summed E-state index contributed by atoms with van der Waals surface area (Å²) in [5.74, 6) is 0.488. The molecule has 3 fully saturated rings. The predicted octanol–water partition coefficient (Wildman–Crippen LogP) is 7.53. The van der Waals surface area contributed by atoms with Gasteiger partial charge in [-0.05, 0) is 97.1 Å². The number of hydrogen-bond acceptors (Lipinski definition) is 9. The molecule has 4 aromatic rings. The van der Waals surface area contributed by atoms with Gasteiger partial charge in [0, 0.05) is 58.8 Å². The Hall–Kier alpha value is -6.55. The Bertz CT molecular complexity index is 2350. The summed E-state index contributed by atoms with van der Waals surface area (Å²) in [6, 6.07) is 30.2. The fourth-order valence-corrected chi connectivity index (χ4v) is 10.4. The molecule has 0 aromatic heterocycles. The molecule has 3 heterocycles. The van der Waals surface area contributed by atoms with E-state index in [1.165, 1.54) is 0 Å². The van der Waals surface area contributed by atoms with E-state index in [0.29, 0.717) is 66.7 Å². The Morgan fingerprint density at radius 3 is 2.35 bits per heavy atom. The number of anilines is 2. The van der Waals surface area contributed by atoms with E-state index in [4.69, 9.17) is 10.3 Å². The molecule has 3 aliphatic rings. The molecule has 0 bridgehead atoms. The molecule has 3 aliphatic heterocycles. The lowest BCUT2D eigenvalue weighted by atomic mass is 9.78. The minimum absolute atomic E-state index is 0.0299. The van der Waals surface area contributed by atoms with E-state index in [1.807, 2.05) is 78.5 Å². The van der Waals surface area contributed by atoms with Crippen LogP contribution in [0, 0.1) is 5.92 Å². The second-order valence-corrected chi connectivity index (χ2v) is 18.2. The summed E-state index contributed by atoms with van der Waals surface area (Å²) in [5, 5.41) is 29.5. The number of benzene rings is 4. The highest BCUT2D eigenvalue weighted by Gasteiger charge is 2.48. The van der Waals surface area contributed by atoms with Gasteiger partial charge >= 0.3 is 6.03 Å². The van der Waals surface area contributed by atoms with Crippen LogP contribution in [0.5, 0.6) is 5.75 Å². The number of carbonyl (C=O) groups excluding carboxylic acids is 5. The molecule has 7 rings (SSSR count). The fraction of sp³-hybridized carbons (Fsp3) is 0.408. The smallest absolute Gasteiger partial charge is 0.315 e. The molecule has 0 unspecified atom stereocenters. The molecule has 66 heavy (non-hydrogen) atoms. The van der Waals surface area contributed by atoms with Crippen molar-refractivity contribution in [3.05, 3.63) is 130 Å². The topological polar surface area (TPSA) is 227 Å². The number of unbranched alkanes of at least 4 members (excludes halogenated alkanes) is 2. The number of aliphatic hydroxyl groups excluding tert-OH is 1. The van der Waals surface area contributed by atoms with Crippen molar-refractivity contribution in [2.75, 3.05) is 29.6 Å². The quantitative estimate of drug-likeness (QED) is 0.0109. The van der Waals surface area contributed by atoms with Gasteiger partial charge in [-0.15, -0.1) is 0 Å². The zero-order valence-electron chi connectivity index (χ0n) is 36.9. The second kappa shape index (κ2) is 23.1. The van der Waals surface area contributed by atoms with Crippen molar-refractivity contribution in [2.24, 2.45) is 11.0 Å². The number of thioether (sulfide) groups is 1. The van der Waals surface area contributed by atoms with E-state index in [0.717, 1.165) is 35.3 Å². The van der Waals surface area contributed by atoms with Crippen LogP contribution in [0.25, 0.3) is 10.4 Å². The number of methoxy groups -OCH3 is 1. The third-order valence-electron chi connectivity index (χ3n) is 12.4. The first kappa shape index (κ1) is 47.4. The van der Waals surface area contributed by atoms with Crippen LogP contribution in [-0.2, 0) is 25.6 Å². The molecule has 6 amide bonds. The SMILES string of the molecule is COc1ccc([C@@H]2[C@@H](CC[C@H](O)c3ccccc3)C(=O)N2c2ccc(NC(=O)CCCCNC(=O)[C@H](Cc3ccc(N=[N+]=[N-])cc3)NC(=O)CCCC[C@@H]3SC[C@@H]4NC(=O)N[C@@H]43)cc2)cc1. The summed E-state index contributed by atoms with van der Waals surface area (Å²) in [6.45, 7) is 0.307. The average molecular weight is 916 g/mol. The lowest BCUT2D eigenvalue weighted by Gasteiger charge is -2.48. The first-order chi connectivity index (χ1) is 32.1. The van der Waals surface area contributed by atoms with E-state index in [-0.39, 0.29) is 73.0 Å². The van der Waals surface area contributed by atoms with E-state index < -0.39 is 12.1 Å². The molecule has 16 nitrogen and oxygen atoms in total. The number of nitrogens with one attached hydrogen (secondary N) is 5. The lowest BCUT2D eigenvalue weighted by molar-refractivity contribution is -0.131. The number of amides is 6. The number of fused-ring (bicyclic) bond motifs is 1. The van der Waals surface area contributed by atoms with Crippen molar-refractivity contribution >= 4 is 58.5 Å². The first-order valence-corrected chi connectivity index (χ1v) is 23.6. The number of β-lactam (4-membered cyclic amide) rings is 1. The van der Waals surface area contributed by atoms with Gasteiger partial charge in [-0.2, -0.15) is 11.8 Å². The Morgan fingerprint density at radius 1 is 0.894 bits per heavy atom. The Morgan fingerprint density at radius 2 is 1.62 bits per heavy atom. The zero-order valence-corrected chi connectivity index (χ0v) is 37.8. The van der Waals surface area contributed by atoms with E-state index in [2.05, 4.69) is 36.6 Å². The van der Waals surface area contributed by atoms with Crippen LogP contribution in [0.15, 0.2) is 108 Å². The number of carbonyl (C=O) groups is 5. The normalized spacial score (nSPS) is 20.4. The van der Waals surface area contributed by atoms with Gasteiger partial charge in [0.15, 0.2) is 0 Å². The molecular weight excluding hydrogens is 859 g/mol. The molecule has 0 spiro atoms. The molecular formula is C49H57N9O7S. The Labute approximate surface area is 388 Å². The van der Waals surface area contributed by atoms with E-state index in [1.54, 1.807) is 48.4 Å². The Balaban J connectivity index is 0.863. The van der Waals surface area contributed by atoms with Crippen molar-refractivity contribution in [1.82, 2.24) is 21.3 Å². The van der Waals surface area contributed by atoms with Gasteiger partial charge in [0.2, 0.25) is 23.6 Å². The maximum Gasteiger partial charge on any atom is 0.315 e. The summed E-state index contributed by atoms with van der Waals surface area (Å²) in [5.41, 5.74) is 13.1. The highest BCUT2D eigenvalue weighted by molar-refractivity contribution is 8.00. The fourth-order valence-electron chi connectivity index (χ4n) is 8.89. The number of aliphatic hydroxyl groups is 1. The number of ether oxygens (including phenoxy) is 1. The van der Waals surface area contributed by atoms with Crippen molar-refractivity contribution in [2.45, 2.75) is 99.7 Å². The highest BCUT2D eigenvalue weighted by atomic mass is 32.2. The van der Waals surface area contributed by atoms with Crippen LogP contribution in [0.3, 0.4) is 0 Å². The number of azide groups is 1. The highest BCUT2D eigenvalue weighted by Crippen LogP contribution is 2.47. The minimum Gasteiger partial charge on any atom is -0.497 e. The number of rotatable bonds is 23. The van der Waals surface area contributed by atoms with Crippen molar-refractivity contribution < 1.29 is 33.8 Å². The standard InChI is InChI=1S/C49H57N9O7S/c1-65-37-24-16-33(17-25-37)46-38(26-27-41(59)32-9-3-2-4-10-32)48(63)58(46)36-22-20-34(21-23-36)52-43(60)13-7-8-28-51-47(62)39(29-31-14-18-35(19-15-31)56-57-50)53-44(61)12-6-5-11-42-45-40(30-66-42)54-49(64)55-45/h2-4,9-10,14-25,38-42,45-46,59H,5-8,11-13,26-30H2,1H3,(H,51,62)(H,52,60)(H,53,61)(H2,54,55,64)/t38-,39+,40+,41+,42+,45+,46-/m1/s1. The van der Waals surface area contributed by atoms with Gasteiger partial charge in [-0.25, -0.2) is 4.79 Å². The largest absolute Gasteiger partial charge is 0.497 e. The molecule has 346 valence electrons. The maximum atomic E-state index is 13.7. The van der Waals surface area contributed by atoms with E-state index in [9.17, 15) is 29.1 Å². The summed E-state index contributed by atoms with van der Waals surface area (Å²) in [7, 11) is 1.61. The lowest BCUT2D eigenvalue weighted by Crippen LogP contribution is -2.55. The number of nitrogens with zero attached hydrogens (tertiary/aromatic N) is 4. The van der Waals surface area contributed by atoms with Gasteiger partial charge in [-0.3, -0.25) is 19.2 Å². The van der Waals surface area contributed by atoms with Crippen LogP contribution in [0.2, 0.25) is 0 Å². The maximum absolute atomic E-state index is 13.7. The molecule has 0 radical (unpaired) electrons. The van der Waals surface area contributed by atoms with E-state index >= 15 is 0 Å². The third-order valence-corrected chi connectivity index (χ3v) is 13.9. The molecule has 3 saturated heterocycles. The van der Waals surface area contributed by atoms with Gasteiger partial charge < -0.3 is 41.3 Å². The van der Waals surface area contributed by atoms with Crippen LogP contribution < -0.4 is 36.2 Å². The summed E-state index contributed by atoms with van der Waals surface area (Å²) in [4.78, 5) is 69.5. The predicted molar refractivity (Wildman–Crippen MR) is 254 cm³/mol. The second-order valence-electron chi connectivity index (χ2n) is 16.9. The van der Waals surface area contributed by atoms with Crippen molar-refractivity contribution in [3.63, 3.8) is 0 Å². The molecule has 17 heteroatoms. The van der Waals surface area contributed by atoms with Gasteiger partial charge in [0.25, 0.3) is 0 Å². The number of hydrogen-bond donors (Lipinski definition) is 6. The van der Waals surface area contributed by atoms with Gasteiger partial charge in [0.05, 0.1) is 37.3 Å². The van der Waals surface area contributed by atoms with Gasteiger partial charge in [-0.1, -0.05) is 78.3 Å². The van der Waals surface area contributed by atoms with Crippen LogP contribution in [-0.4, -0.2) is 77.5 Å². The van der Waals surface area contributed by atoms with Gasteiger partial charge in [0.1, 0.15) is 11.8 Å². The van der Waals surface area contributed by atoms with Crippen LogP contribution in [0.1, 0.15) is 86.6 Å². The third kappa shape index (κ3) is 12.4. The van der Waals surface area contributed by atoms with Crippen LogP contribution in [0.4, 0.5) is 21.9 Å². The zero-order chi connectivity index (χ0) is 46.4. The minimum atomic E-state index is -0.837. The number of urea groups is 1. The monoisotopic (exact) mass is 915 g/mol. The average Bonchev–Trinajstić information content (AvgIpc) is 3.89. The van der Waals surface area contributed by atoms with Crippen molar-refractivity contribution in [3.8, 4) is 5.75 Å². The molecule has 7 atom stereocenters. The Kier molecular flexibility index (Phi) is 16.6. The van der Waals surface area contributed by atoms with Crippen LogP contribution >= 0.6 is 11.8 Å². The van der Waals surface area contributed by atoms with Crippen molar-refractivity contribution in [1.29, 1.82) is 0 Å². The molecule has 0 saturated carbocycles. The molecule has 6 N–H and O–H groups in total. The summed E-state index contributed by atoms with van der Waals surface area (Å²) in [6.07, 6.45) is 4.38. The summed E-state index contributed by atoms with van der Waals surface area (Å²) >= 11 is 1.83. The first-order valence-electron chi connectivity index (χ1n) is 22.6. The molecule has 4 aromatic carbocycles.